The van der Waals surface area contributed by atoms with Crippen molar-refractivity contribution in [1.82, 2.24) is 19.3 Å². The van der Waals surface area contributed by atoms with Gasteiger partial charge in [0.15, 0.2) is 0 Å². The Morgan fingerprint density at radius 1 is 0.729 bits per heavy atom. The van der Waals surface area contributed by atoms with Gasteiger partial charge in [0, 0.05) is 40.9 Å². The molecule has 0 saturated heterocycles. The number of pyridine rings is 1. The fourth-order valence-corrected chi connectivity index (χ4v) is 6.91. The normalized spacial score (nSPS) is 11.8. The lowest BCUT2D eigenvalue weighted by molar-refractivity contribution is 0.481. The Labute approximate surface area is 283 Å². The van der Waals surface area contributed by atoms with Crippen LogP contribution in [0.1, 0.15) is 69.7 Å². The van der Waals surface area contributed by atoms with Gasteiger partial charge in [-0.05, 0) is 101 Å². The standard InChI is InChI=1S/C43H44N4O/c1-7-31-12-11-13-32(8-2)43(31)34-26-45-46(27-34)35-22-33(29(5)6)23-37(24-35)48-36-16-17-39-38-14-9-10-15-40(38)47(41(39)25-36)42-21-30(18-19-44-42)20-28(3)4/h9-19,21-29H,7-8,20H2,1-6H3. The van der Waals surface area contributed by atoms with Crippen LogP contribution in [0.3, 0.4) is 0 Å². The molecule has 0 radical (unpaired) electrons. The Morgan fingerprint density at radius 2 is 1.50 bits per heavy atom. The summed E-state index contributed by atoms with van der Waals surface area (Å²) in [6, 6.07) is 32.4. The van der Waals surface area contributed by atoms with E-state index in [-0.39, 0.29) is 0 Å². The SMILES string of the molecule is CCc1cccc(CC)c1-c1cnn(-c2cc(Oc3ccc4c5ccccc5n(-c5cc(CC(C)C)ccn5)c4c3)cc(C(C)C)c2)c1. The molecule has 0 aliphatic heterocycles. The topological polar surface area (TPSA) is 44.9 Å². The molecular formula is C43H44N4O. The molecule has 3 aromatic heterocycles. The lowest BCUT2D eigenvalue weighted by atomic mass is 9.94. The molecule has 7 rings (SSSR count). The smallest absolute Gasteiger partial charge is 0.137 e. The van der Waals surface area contributed by atoms with Gasteiger partial charge in [-0.25, -0.2) is 9.67 Å². The molecule has 0 saturated carbocycles. The van der Waals surface area contributed by atoms with Crippen LogP contribution in [0.4, 0.5) is 0 Å². The highest BCUT2D eigenvalue weighted by atomic mass is 16.5. The number of fused-ring (bicyclic) bond motifs is 3. The molecule has 0 atom stereocenters. The zero-order valence-corrected chi connectivity index (χ0v) is 28.9. The lowest BCUT2D eigenvalue weighted by Crippen LogP contribution is -2.01. The Kier molecular flexibility index (Phi) is 8.62. The van der Waals surface area contributed by atoms with Gasteiger partial charge in [0.25, 0.3) is 0 Å². The van der Waals surface area contributed by atoms with Gasteiger partial charge in [-0.3, -0.25) is 4.57 Å². The molecule has 7 aromatic rings. The number of hydrogen-bond acceptors (Lipinski definition) is 3. The predicted molar refractivity (Wildman–Crippen MR) is 199 cm³/mol. The van der Waals surface area contributed by atoms with Crippen molar-refractivity contribution < 1.29 is 4.74 Å². The minimum Gasteiger partial charge on any atom is -0.457 e. The second-order valence-electron chi connectivity index (χ2n) is 13.5. The van der Waals surface area contributed by atoms with Crippen molar-refractivity contribution in [3.05, 3.63) is 132 Å². The summed E-state index contributed by atoms with van der Waals surface area (Å²) < 4.78 is 10.9. The summed E-state index contributed by atoms with van der Waals surface area (Å²) in [5.41, 5.74) is 10.8. The summed E-state index contributed by atoms with van der Waals surface area (Å²) in [5, 5.41) is 7.22. The van der Waals surface area contributed by atoms with Crippen molar-refractivity contribution in [3.8, 4) is 34.1 Å². The third-order valence-corrected chi connectivity index (χ3v) is 9.28. The van der Waals surface area contributed by atoms with E-state index in [2.05, 4.69) is 143 Å². The third kappa shape index (κ3) is 6.01. The molecule has 0 amide bonds. The number of hydrogen-bond donors (Lipinski definition) is 0. The second kappa shape index (κ2) is 13.2. The van der Waals surface area contributed by atoms with Crippen LogP contribution in [0.2, 0.25) is 0 Å². The largest absolute Gasteiger partial charge is 0.457 e. The summed E-state index contributed by atoms with van der Waals surface area (Å²) in [7, 11) is 0. The van der Waals surface area contributed by atoms with E-state index in [1.54, 1.807) is 0 Å². The molecule has 0 aliphatic rings. The number of rotatable bonds is 10. The van der Waals surface area contributed by atoms with Crippen molar-refractivity contribution >= 4 is 21.8 Å². The van der Waals surface area contributed by atoms with E-state index in [0.29, 0.717) is 11.8 Å². The molecular weight excluding hydrogens is 589 g/mol. The summed E-state index contributed by atoms with van der Waals surface area (Å²) in [6.45, 7) is 13.4. The van der Waals surface area contributed by atoms with Crippen molar-refractivity contribution in [2.75, 3.05) is 0 Å². The van der Waals surface area contributed by atoms with E-state index < -0.39 is 0 Å². The van der Waals surface area contributed by atoms with Gasteiger partial charge in [-0.1, -0.05) is 77.9 Å². The van der Waals surface area contributed by atoms with E-state index >= 15 is 0 Å². The first kappa shape index (κ1) is 31.4. The lowest BCUT2D eigenvalue weighted by Gasteiger charge is -2.14. The molecule has 0 fully saturated rings. The van der Waals surface area contributed by atoms with Gasteiger partial charge in [0.2, 0.25) is 0 Å². The van der Waals surface area contributed by atoms with Crippen LogP contribution in [0.15, 0.2) is 110 Å². The van der Waals surface area contributed by atoms with Gasteiger partial charge in [0.05, 0.1) is 22.9 Å². The van der Waals surface area contributed by atoms with Crippen LogP contribution in [0.5, 0.6) is 11.5 Å². The molecule has 4 aromatic carbocycles. The van der Waals surface area contributed by atoms with Gasteiger partial charge in [-0.2, -0.15) is 5.10 Å². The molecule has 5 heteroatoms. The maximum absolute atomic E-state index is 6.69. The highest BCUT2D eigenvalue weighted by molar-refractivity contribution is 6.09. The Bertz CT molecular complexity index is 2210. The minimum absolute atomic E-state index is 0.323. The average Bonchev–Trinajstić information content (AvgIpc) is 3.71. The van der Waals surface area contributed by atoms with E-state index in [9.17, 15) is 0 Å². The van der Waals surface area contributed by atoms with E-state index in [4.69, 9.17) is 14.8 Å². The number of nitrogens with zero attached hydrogens (tertiary/aromatic N) is 4. The number of para-hydroxylation sites is 1. The maximum atomic E-state index is 6.69. The highest BCUT2D eigenvalue weighted by Gasteiger charge is 2.17. The molecule has 0 bridgehead atoms. The monoisotopic (exact) mass is 632 g/mol. The molecule has 0 N–H and O–H groups in total. The van der Waals surface area contributed by atoms with Gasteiger partial charge in [0.1, 0.15) is 17.3 Å². The van der Waals surface area contributed by atoms with Gasteiger partial charge in [-0.15, -0.1) is 0 Å². The second-order valence-corrected chi connectivity index (χ2v) is 13.5. The number of aromatic nitrogens is 4. The molecule has 3 heterocycles. The number of ether oxygens (including phenoxy) is 1. The zero-order chi connectivity index (χ0) is 33.4. The predicted octanol–water partition coefficient (Wildman–Crippen LogP) is 11.3. The molecule has 0 unspecified atom stereocenters. The average molecular weight is 633 g/mol. The minimum atomic E-state index is 0.323. The fraction of sp³-hybridized carbons (Fsp3) is 0.256. The van der Waals surface area contributed by atoms with E-state index in [1.165, 1.54) is 38.6 Å². The Morgan fingerprint density at radius 3 is 2.25 bits per heavy atom. The molecule has 242 valence electrons. The van der Waals surface area contributed by atoms with Crippen molar-refractivity contribution in [1.29, 1.82) is 0 Å². The zero-order valence-electron chi connectivity index (χ0n) is 28.9. The summed E-state index contributed by atoms with van der Waals surface area (Å²) in [6.07, 6.45) is 9.06. The summed E-state index contributed by atoms with van der Waals surface area (Å²) in [5.74, 6) is 3.38. The van der Waals surface area contributed by atoms with Crippen LogP contribution in [-0.2, 0) is 19.3 Å². The third-order valence-electron chi connectivity index (χ3n) is 9.28. The molecule has 5 nitrogen and oxygen atoms in total. The van der Waals surface area contributed by atoms with Crippen LogP contribution >= 0.6 is 0 Å². The molecule has 48 heavy (non-hydrogen) atoms. The van der Waals surface area contributed by atoms with Crippen molar-refractivity contribution in [2.45, 2.75) is 66.7 Å². The van der Waals surface area contributed by atoms with Crippen LogP contribution < -0.4 is 4.74 Å². The Hall–Kier alpha value is -5.16. The van der Waals surface area contributed by atoms with Crippen molar-refractivity contribution in [3.63, 3.8) is 0 Å². The van der Waals surface area contributed by atoms with E-state index in [0.717, 1.165) is 58.9 Å². The molecule has 0 aliphatic carbocycles. The Balaban J connectivity index is 1.29. The first-order valence-corrected chi connectivity index (χ1v) is 17.3. The summed E-state index contributed by atoms with van der Waals surface area (Å²) in [4.78, 5) is 4.84. The number of benzene rings is 4. The van der Waals surface area contributed by atoms with Crippen molar-refractivity contribution in [2.24, 2.45) is 5.92 Å². The van der Waals surface area contributed by atoms with Crippen LogP contribution in [-0.4, -0.2) is 19.3 Å². The highest BCUT2D eigenvalue weighted by Crippen LogP contribution is 2.37. The molecule has 0 spiro atoms. The number of aryl methyl sites for hydroxylation is 2. The van der Waals surface area contributed by atoms with Gasteiger partial charge < -0.3 is 4.74 Å². The van der Waals surface area contributed by atoms with Crippen LogP contribution in [0.25, 0.3) is 44.4 Å². The quantitative estimate of drug-likeness (QED) is 0.151. The van der Waals surface area contributed by atoms with E-state index in [1.807, 2.05) is 17.1 Å². The first-order chi connectivity index (χ1) is 23.3. The summed E-state index contributed by atoms with van der Waals surface area (Å²) >= 11 is 0. The van der Waals surface area contributed by atoms with Gasteiger partial charge >= 0.3 is 0 Å². The first-order valence-electron chi connectivity index (χ1n) is 17.3. The maximum Gasteiger partial charge on any atom is 0.137 e. The fourth-order valence-electron chi connectivity index (χ4n) is 6.91. The van der Waals surface area contributed by atoms with Crippen LogP contribution in [0, 0.1) is 5.92 Å².